The van der Waals surface area contributed by atoms with Gasteiger partial charge >= 0.3 is 0 Å². The Labute approximate surface area is 128 Å². The number of benzene rings is 2. The van der Waals surface area contributed by atoms with E-state index in [9.17, 15) is 13.5 Å². The summed E-state index contributed by atoms with van der Waals surface area (Å²) in [4.78, 5) is 2.06. The molecular weight excluding hydrogens is 308 g/mol. The van der Waals surface area contributed by atoms with Crippen LogP contribution in [0.25, 0.3) is 0 Å². The summed E-state index contributed by atoms with van der Waals surface area (Å²) in [6.45, 7) is -0.0618. The van der Waals surface area contributed by atoms with Crippen molar-refractivity contribution in [1.82, 2.24) is 0 Å². The molecule has 2 rings (SSSR count). The number of methoxy groups -OCH3 is 1. The minimum atomic E-state index is -3.19. The van der Waals surface area contributed by atoms with E-state index < -0.39 is 9.84 Å². The molecule has 0 aliphatic heterocycles. The van der Waals surface area contributed by atoms with E-state index >= 15 is 0 Å². The lowest BCUT2D eigenvalue weighted by Gasteiger charge is -2.09. The molecule has 0 atom stereocenters. The second kappa shape index (κ2) is 6.51. The van der Waals surface area contributed by atoms with E-state index in [1.54, 1.807) is 37.4 Å². The van der Waals surface area contributed by atoms with Gasteiger partial charge in [0.05, 0.1) is 18.6 Å². The quantitative estimate of drug-likeness (QED) is 0.916. The fourth-order valence-electron chi connectivity index (χ4n) is 1.77. The van der Waals surface area contributed by atoms with Gasteiger partial charge in [-0.05, 0) is 42.0 Å². The summed E-state index contributed by atoms with van der Waals surface area (Å²) < 4.78 is 28.0. The first kappa shape index (κ1) is 15.9. The fraction of sp³-hybridized carbons (Fsp3) is 0.200. The fourth-order valence-corrected chi connectivity index (χ4v) is 3.36. The van der Waals surface area contributed by atoms with E-state index in [-0.39, 0.29) is 6.61 Å². The first-order chi connectivity index (χ1) is 9.94. The van der Waals surface area contributed by atoms with Crippen LogP contribution in [0.5, 0.6) is 5.75 Å². The maximum atomic E-state index is 11.4. The van der Waals surface area contributed by atoms with Gasteiger partial charge in [-0.25, -0.2) is 8.42 Å². The van der Waals surface area contributed by atoms with E-state index in [1.165, 1.54) is 18.0 Å². The predicted molar refractivity (Wildman–Crippen MR) is 82.6 cm³/mol. The minimum absolute atomic E-state index is 0.0618. The largest absolute Gasteiger partial charge is 0.497 e. The third-order valence-electron chi connectivity index (χ3n) is 2.92. The van der Waals surface area contributed by atoms with Crippen LogP contribution in [0.15, 0.2) is 57.2 Å². The Morgan fingerprint density at radius 3 is 2.33 bits per heavy atom. The molecular formula is C15H16O4S2. The molecule has 112 valence electrons. The third-order valence-corrected chi connectivity index (χ3v) is 5.16. The molecule has 0 unspecified atom stereocenters. The number of hydrogen-bond acceptors (Lipinski definition) is 5. The summed E-state index contributed by atoms with van der Waals surface area (Å²) in [5.41, 5.74) is 0.799. The van der Waals surface area contributed by atoms with Crippen molar-refractivity contribution in [2.75, 3.05) is 13.4 Å². The summed E-state index contributed by atoms with van der Waals surface area (Å²) in [5, 5.41) is 9.38. The molecule has 0 heterocycles. The number of hydrogen-bond donors (Lipinski definition) is 1. The second-order valence-electron chi connectivity index (χ2n) is 4.48. The molecule has 0 spiro atoms. The second-order valence-corrected chi connectivity index (χ2v) is 7.61. The normalized spacial score (nSPS) is 11.4. The molecule has 0 bridgehead atoms. The van der Waals surface area contributed by atoms with Gasteiger partial charge in [-0.15, -0.1) is 0 Å². The van der Waals surface area contributed by atoms with Gasteiger partial charge in [-0.1, -0.05) is 17.8 Å². The molecule has 1 N–H and O–H groups in total. The Kier molecular flexibility index (Phi) is 4.92. The summed E-state index contributed by atoms with van der Waals surface area (Å²) in [5.74, 6) is 0.711. The van der Waals surface area contributed by atoms with Gasteiger partial charge in [-0.3, -0.25) is 0 Å². The molecule has 0 radical (unpaired) electrons. The number of rotatable bonds is 5. The highest BCUT2D eigenvalue weighted by molar-refractivity contribution is 7.99. The predicted octanol–water partition coefficient (Wildman–Crippen LogP) is 2.74. The summed E-state index contributed by atoms with van der Waals surface area (Å²) >= 11 is 1.45. The number of aliphatic hydroxyl groups excluding tert-OH is 1. The van der Waals surface area contributed by atoms with Crippen LogP contribution in [-0.4, -0.2) is 26.9 Å². The lowest BCUT2D eigenvalue weighted by molar-refractivity contribution is 0.278. The molecule has 4 nitrogen and oxygen atoms in total. The van der Waals surface area contributed by atoms with Crippen molar-refractivity contribution in [3.8, 4) is 5.75 Å². The van der Waals surface area contributed by atoms with Crippen LogP contribution in [-0.2, 0) is 16.4 Å². The Balaban J connectivity index is 2.29. The Bertz CT molecular complexity index is 722. The lowest BCUT2D eigenvalue weighted by Crippen LogP contribution is -1.96. The van der Waals surface area contributed by atoms with Crippen molar-refractivity contribution in [2.45, 2.75) is 21.3 Å². The van der Waals surface area contributed by atoms with E-state index in [0.29, 0.717) is 10.6 Å². The number of ether oxygens (including phenoxy) is 1. The zero-order valence-electron chi connectivity index (χ0n) is 11.7. The smallest absolute Gasteiger partial charge is 0.175 e. The lowest BCUT2D eigenvalue weighted by atomic mass is 10.2. The molecule has 0 saturated heterocycles. The van der Waals surface area contributed by atoms with Crippen LogP contribution in [0.1, 0.15) is 5.56 Å². The zero-order valence-corrected chi connectivity index (χ0v) is 13.4. The van der Waals surface area contributed by atoms with Crippen molar-refractivity contribution >= 4 is 21.6 Å². The maximum absolute atomic E-state index is 11.4. The van der Waals surface area contributed by atoms with Crippen LogP contribution < -0.4 is 4.74 Å². The molecule has 21 heavy (non-hydrogen) atoms. The molecule has 0 saturated carbocycles. The van der Waals surface area contributed by atoms with Gasteiger partial charge in [0.25, 0.3) is 0 Å². The standard InChI is InChI=1S/C15H16O4S2/c1-19-12-4-3-11(10-16)15(9-12)20-13-5-7-14(8-6-13)21(2,17)18/h3-9,16H,10H2,1-2H3. The monoisotopic (exact) mass is 324 g/mol. The van der Waals surface area contributed by atoms with Crippen LogP contribution in [0.4, 0.5) is 0 Å². The summed E-state index contributed by atoms with van der Waals surface area (Å²) in [6, 6.07) is 12.1. The van der Waals surface area contributed by atoms with Crippen molar-refractivity contribution in [3.63, 3.8) is 0 Å². The van der Waals surface area contributed by atoms with Gasteiger partial charge in [0.2, 0.25) is 0 Å². The SMILES string of the molecule is COc1ccc(CO)c(Sc2ccc(S(C)(=O)=O)cc2)c1. The van der Waals surface area contributed by atoms with Crippen LogP contribution in [0.2, 0.25) is 0 Å². The summed E-state index contributed by atoms with van der Waals surface area (Å²) in [6.07, 6.45) is 1.18. The molecule has 0 amide bonds. The highest BCUT2D eigenvalue weighted by Crippen LogP contribution is 2.33. The molecule has 6 heteroatoms. The molecule has 2 aromatic carbocycles. The van der Waals surface area contributed by atoms with Crippen LogP contribution >= 0.6 is 11.8 Å². The minimum Gasteiger partial charge on any atom is -0.497 e. The Morgan fingerprint density at radius 2 is 1.81 bits per heavy atom. The van der Waals surface area contributed by atoms with E-state index in [0.717, 1.165) is 15.4 Å². The molecule has 0 aliphatic carbocycles. The van der Waals surface area contributed by atoms with Gasteiger partial charge in [-0.2, -0.15) is 0 Å². The van der Waals surface area contributed by atoms with E-state index in [1.807, 2.05) is 12.1 Å². The van der Waals surface area contributed by atoms with Crippen molar-refractivity contribution in [2.24, 2.45) is 0 Å². The molecule has 2 aromatic rings. The Morgan fingerprint density at radius 1 is 1.14 bits per heavy atom. The first-order valence-electron chi connectivity index (χ1n) is 6.20. The number of sulfone groups is 1. The average Bonchev–Trinajstić information content (AvgIpc) is 2.46. The van der Waals surface area contributed by atoms with Crippen molar-refractivity contribution in [1.29, 1.82) is 0 Å². The summed E-state index contributed by atoms with van der Waals surface area (Å²) in [7, 11) is -1.60. The van der Waals surface area contributed by atoms with Crippen molar-refractivity contribution < 1.29 is 18.3 Å². The molecule has 0 aromatic heterocycles. The van der Waals surface area contributed by atoms with Gasteiger partial charge in [0.1, 0.15) is 5.75 Å². The first-order valence-corrected chi connectivity index (χ1v) is 8.90. The number of aliphatic hydroxyl groups is 1. The van der Waals surface area contributed by atoms with Crippen molar-refractivity contribution in [3.05, 3.63) is 48.0 Å². The average molecular weight is 324 g/mol. The molecule has 0 fully saturated rings. The van der Waals surface area contributed by atoms with Crippen LogP contribution in [0, 0.1) is 0 Å². The highest BCUT2D eigenvalue weighted by Gasteiger charge is 2.09. The van der Waals surface area contributed by atoms with E-state index in [2.05, 4.69) is 0 Å². The topological polar surface area (TPSA) is 63.6 Å². The van der Waals surface area contributed by atoms with Gasteiger partial charge in [0, 0.05) is 16.0 Å². The van der Waals surface area contributed by atoms with Gasteiger partial charge in [0.15, 0.2) is 9.84 Å². The van der Waals surface area contributed by atoms with Gasteiger partial charge < -0.3 is 9.84 Å². The zero-order chi connectivity index (χ0) is 15.5. The highest BCUT2D eigenvalue weighted by atomic mass is 32.2. The third kappa shape index (κ3) is 4.00. The molecule has 0 aliphatic rings. The van der Waals surface area contributed by atoms with E-state index in [4.69, 9.17) is 4.74 Å². The van der Waals surface area contributed by atoms with Crippen LogP contribution in [0.3, 0.4) is 0 Å². The Hall–Kier alpha value is -1.50. The maximum Gasteiger partial charge on any atom is 0.175 e.